The van der Waals surface area contributed by atoms with Crippen molar-refractivity contribution in [3.8, 4) is 11.1 Å². The maximum atomic E-state index is 13.2. The summed E-state index contributed by atoms with van der Waals surface area (Å²) in [6.07, 6.45) is 0.821. The number of hydrogen-bond donors (Lipinski definition) is 7. The quantitative estimate of drug-likeness (QED) is 0.0930. The van der Waals surface area contributed by atoms with Crippen molar-refractivity contribution in [2.75, 3.05) is 18.8 Å². The molecule has 11 N–H and O–H groups in total. The minimum absolute atomic E-state index is 0.00924. The molecule has 1 saturated heterocycles. The molecule has 0 bridgehead atoms. The second-order valence-electron chi connectivity index (χ2n) is 7.52. The number of benzene rings is 2. The summed E-state index contributed by atoms with van der Waals surface area (Å²) < 4.78 is 30.8. The molecule has 4 rings (SSSR count). The van der Waals surface area contributed by atoms with Crippen molar-refractivity contribution in [1.82, 2.24) is 25.1 Å². The molecule has 1 aliphatic heterocycles. The van der Waals surface area contributed by atoms with Crippen LogP contribution in [0.2, 0.25) is 0 Å². The Hall–Kier alpha value is -2.88. The summed E-state index contributed by atoms with van der Waals surface area (Å²) in [6.45, 7) is 1.51. The fourth-order valence-electron chi connectivity index (χ4n) is 3.93. The molecule has 3 atom stereocenters. The number of nitrogens with two attached hydrogens (primary N) is 4. The van der Waals surface area contributed by atoms with Gasteiger partial charge in [0.05, 0.1) is 20.8 Å². The van der Waals surface area contributed by atoms with Crippen molar-refractivity contribution < 1.29 is 8.42 Å². The summed E-state index contributed by atoms with van der Waals surface area (Å²) in [7, 11) is -1.93. The van der Waals surface area contributed by atoms with Crippen LogP contribution in [0, 0.1) is 0 Å². The van der Waals surface area contributed by atoms with Crippen LogP contribution in [0.1, 0.15) is 12.0 Å². The molecule has 14 heteroatoms. The number of hydrazone groups is 1. The molecule has 3 aromatic rings. The van der Waals surface area contributed by atoms with E-state index < -0.39 is 22.0 Å². The number of hydrazine groups is 1. The Bertz CT molecular complexity index is 1280. The summed E-state index contributed by atoms with van der Waals surface area (Å²) in [5.41, 5.74) is 17.3. The lowest BCUT2D eigenvalue weighted by Gasteiger charge is -2.18. The Balaban J connectivity index is 1.96. The highest BCUT2D eigenvalue weighted by molar-refractivity contribution is 7.86. The molecule has 176 valence electrons. The first kappa shape index (κ1) is 23.3. The Kier molecular flexibility index (Phi) is 6.73. The van der Waals surface area contributed by atoms with Crippen LogP contribution >= 0.6 is 0 Å². The van der Waals surface area contributed by atoms with E-state index >= 15 is 0 Å². The lowest BCUT2D eigenvalue weighted by molar-refractivity contribution is 0.632. The van der Waals surface area contributed by atoms with Gasteiger partial charge in [-0.15, -0.1) is 5.10 Å². The highest BCUT2D eigenvalue weighted by atomic mass is 32.2. The van der Waals surface area contributed by atoms with E-state index in [-0.39, 0.29) is 27.2 Å². The van der Waals surface area contributed by atoms with Gasteiger partial charge in [-0.25, -0.2) is 34.6 Å². The van der Waals surface area contributed by atoms with Gasteiger partial charge < -0.3 is 21.4 Å². The molecule has 33 heavy (non-hydrogen) atoms. The number of aryl methyl sites for hydroxylation is 1. The molecule has 1 aromatic heterocycles. The van der Waals surface area contributed by atoms with Crippen LogP contribution in [-0.2, 0) is 29.0 Å². The maximum Gasteiger partial charge on any atom is 0.200 e. The number of rotatable bonds is 7. The number of aromatic nitrogens is 2. The first-order valence-corrected chi connectivity index (χ1v) is 12.4. The number of fused-ring (bicyclic) bond motifs is 1. The van der Waals surface area contributed by atoms with E-state index in [0.29, 0.717) is 29.1 Å². The molecule has 0 aliphatic carbocycles. The highest BCUT2D eigenvalue weighted by Gasteiger charge is 2.27. The molecule has 2 aromatic carbocycles. The number of amidine groups is 1. The Morgan fingerprint density at radius 2 is 2.06 bits per heavy atom. The third-order valence-corrected chi connectivity index (χ3v) is 7.78. The number of anilines is 1. The summed E-state index contributed by atoms with van der Waals surface area (Å²) in [5.74, 6) is 5.63. The SMILES string of the molecule is Cn1c(N)nc2c(-c3ccc(S(=O)NC4CCNC4)c(S(N)=O)c3/C(N)=N/NN)cccc21. The van der Waals surface area contributed by atoms with E-state index in [2.05, 4.69) is 25.7 Å². The first-order valence-electron chi connectivity index (χ1n) is 10.1. The molecule has 0 amide bonds. The predicted octanol–water partition coefficient (Wildman–Crippen LogP) is -1.14. The third kappa shape index (κ3) is 4.36. The molecule has 12 nitrogen and oxygen atoms in total. The number of para-hydroxylation sites is 1. The number of imidazole rings is 1. The maximum absolute atomic E-state index is 13.2. The van der Waals surface area contributed by atoms with Crippen molar-refractivity contribution >= 4 is 44.8 Å². The van der Waals surface area contributed by atoms with Crippen LogP contribution in [0.25, 0.3) is 22.2 Å². The average molecular weight is 491 g/mol. The minimum Gasteiger partial charge on any atom is -0.382 e. The highest BCUT2D eigenvalue weighted by Crippen LogP contribution is 2.35. The van der Waals surface area contributed by atoms with Gasteiger partial charge in [0.2, 0.25) is 5.95 Å². The average Bonchev–Trinajstić information content (AvgIpc) is 3.40. The van der Waals surface area contributed by atoms with Crippen molar-refractivity contribution in [1.29, 1.82) is 0 Å². The molecule has 3 unspecified atom stereocenters. The molecule has 2 heterocycles. The van der Waals surface area contributed by atoms with E-state index in [1.54, 1.807) is 23.7 Å². The van der Waals surface area contributed by atoms with Gasteiger partial charge in [-0.2, -0.15) is 0 Å². The van der Waals surface area contributed by atoms with Crippen LogP contribution in [0.4, 0.5) is 5.95 Å². The molecule has 0 spiro atoms. The molecule has 1 aliphatic rings. The van der Waals surface area contributed by atoms with Crippen molar-refractivity contribution in [3.05, 3.63) is 35.9 Å². The van der Waals surface area contributed by atoms with Crippen LogP contribution < -0.4 is 38.0 Å². The molecule has 1 fully saturated rings. The first-order chi connectivity index (χ1) is 15.8. The lowest BCUT2D eigenvalue weighted by Crippen LogP contribution is -2.33. The van der Waals surface area contributed by atoms with E-state index in [1.807, 2.05) is 18.2 Å². The number of nitrogens with one attached hydrogen (secondary N) is 3. The summed E-state index contributed by atoms with van der Waals surface area (Å²) in [6, 6.07) is 8.92. The van der Waals surface area contributed by atoms with E-state index in [4.69, 9.17) is 22.4 Å². The van der Waals surface area contributed by atoms with Crippen LogP contribution in [0.3, 0.4) is 0 Å². The van der Waals surface area contributed by atoms with Crippen LogP contribution in [0.5, 0.6) is 0 Å². The summed E-state index contributed by atoms with van der Waals surface area (Å²) in [5, 5.41) is 13.0. The Morgan fingerprint density at radius 1 is 1.27 bits per heavy atom. The number of hydrogen-bond acceptors (Lipinski definition) is 8. The second-order valence-corrected chi connectivity index (χ2v) is 9.73. The zero-order valence-electron chi connectivity index (χ0n) is 17.9. The van der Waals surface area contributed by atoms with E-state index in [1.165, 1.54) is 0 Å². The normalized spacial score (nSPS) is 18.5. The summed E-state index contributed by atoms with van der Waals surface area (Å²) >= 11 is 0. The largest absolute Gasteiger partial charge is 0.382 e. The van der Waals surface area contributed by atoms with Crippen molar-refractivity contribution in [3.63, 3.8) is 0 Å². The summed E-state index contributed by atoms with van der Waals surface area (Å²) in [4.78, 5) is 4.82. The standard InChI is InChI=1S/C19H26N10O2S2/c1-29-13-4-2-3-12(16(13)25-19(29)21)11-5-6-14(33(31)27-10-7-8-24-9-10)17(32(23)30)15(11)18(20)26-28-22/h2-6,10,24,27-28H,7-9,22-23H2,1H3,(H2,20,26)(H2,21,25). The molecular formula is C19H26N10O2S2. The minimum atomic E-state index is -2.05. The zero-order valence-corrected chi connectivity index (χ0v) is 19.5. The number of nitrogens with zero attached hydrogens (tertiary/aromatic N) is 3. The van der Waals surface area contributed by atoms with Gasteiger partial charge in [-0.05, 0) is 30.7 Å². The van der Waals surface area contributed by atoms with Gasteiger partial charge in [0, 0.05) is 30.8 Å². The third-order valence-electron chi connectivity index (χ3n) is 5.53. The lowest BCUT2D eigenvalue weighted by atomic mass is 9.97. The second kappa shape index (κ2) is 9.54. The van der Waals surface area contributed by atoms with E-state index in [9.17, 15) is 8.42 Å². The molecular weight excluding hydrogens is 464 g/mol. The molecule has 0 saturated carbocycles. The van der Waals surface area contributed by atoms with Crippen molar-refractivity contribution in [2.24, 2.45) is 28.9 Å². The fraction of sp³-hybridized carbons (Fsp3) is 0.263. The monoisotopic (exact) mass is 490 g/mol. The van der Waals surface area contributed by atoms with E-state index in [0.717, 1.165) is 18.5 Å². The van der Waals surface area contributed by atoms with Gasteiger partial charge in [0.25, 0.3) is 0 Å². The van der Waals surface area contributed by atoms with Crippen molar-refractivity contribution in [2.45, 2.75) is 22.3 Å². The fourth-order valence-corrected chi connectivity index (χ4v) is 6.18. The van der Waals surface area contributed by atoms with Gasteiger partial charge in [0.1, 0.15) is 22.0 Å². The van der Waals surface area contributed by atoms with Crippen LogP contribution in [-0.4, -0.2) is 42.9 Å². The smallest absolute Gasteiger partial charge is 0.200 e. The number of nitrogen functional groups attached to an aromatic ring is 1. The predicted molar refractivity (Wildman–Crippen MR) is 130 cm³/mol. The van der Waals surface area contributed by atoms with Gasteiger partial charge in [-0.3, -0.25) is 0 Å². The Labute approximate surface area is 195 Å². The van der Waals surface area contributed by atoms with Gasteiger partial charge >= 0.3 is 0 Å². The van der Waals surface area contributed by atoms with Gasteiger partial charge in [-0.1, -0.05) is 18.2 Å². The zero-order chi connectivity index (χ0) is 23.7. The van der Waals surface area contributed by atoms with Crippen LogP contribution in [0.15, 0.2) is 45.2 Å². The Morgan fingerprint density at radius 3 is 2.73 bits per heavy atom. The molecule has 0 radical (unpaired) electrons. The van der Waals surface area contributed by atoms with Gasteiger partial charge in [0.15, 0.2) is 5.84 Å². The topological polar surface area (TPSA) is 204 Å².